The molecule has 0 spiro atoms. The summed E-state index contributed by atoms with van der Waals surface area (Å²) in [4.78, 5) is 40.0. The van der Waals surface area contributed by atoms with E-state index in [0.717, 1.165) is 28.9 Å². The molecule has 1 saturated heterocycles. The number of carbonyl (C=O) groups is 3. The van der Waals surface area contributed by atoms with Gasteiger partial charge in [-0.15, -0.1) is 0 Å². The van der Waals surface area contributed by atoms with Gasteiger partial charge >= 0.3 is 5.97 Å². The first kappa shape index (κ1) is 24.8. The maximum absolute atomic E-state index is 13.8. The molecule has 1 heterocycles. The summed E-state index contributed by atoms with van der Waals surface area (Å²) >= 11 is 1.04. The Morgan fingerprint density at radius 2 is 2.00 bits per heavy atom. The maximum atomic E-state index is 13.8. The lowest BCUT2D eigenvalue weighted by Crippen LogP contribution is -2.30. The minimum atomic E-state index is -1.11. The van der Waals surface area contributed by atoms with Gasteiger partial charge in [-0.25, -0.2) is 13.6 Å². The first-order chi connectivity index (χ1) is 16.2. The Bertz CT molecular complexity index is 1190. The first-order valence-corrected chi connectivity index (χ1v) is 10.8. The number of carboxylic acids is 1. The van der Waals surface area contributed by atoms with Crippen LogP contribution in [0.1, 0.15) is 18.9 Å². The Kier molecular flexibility index (Phi) is 7.95. The Balaban J connectivity index is 1.71. The predicted molar refractivity (Wildman–Crippen MR) is 123 cm³/mol. The molecule has 178 valence electrons. The van der Waals surface area contributed by atoms with Crippen LogP contribution in [0.3, 0.4) is 0 Å². The molecule has 0 saturated carbocycles. The van der Waals surface area contributed by atoms with E-state index < -0.39 is 41.3 Å². The molecule has 2 amide bonds. The second-order valence-electron chi connectivity index (χ2n) is 7.03. The third-order valence-corrected chi connectivity index (χ3v) is 5.76. The highest BCUT2D eigenvalue weighted by atomic mass is 32.2. The third-order valence-electron chi connectivity index (χ3n) is 4.54. The van der Waals surface area contributed by atoms with Gasteiger partial charge in [0.25, 0.3) is 5.91 Å². The second-order valence-corrected chi connectivity index (χ2v) is 8.20. The summed E-state index contributed by atoms with van der Waals surface area (Å²) in [7, 11) is 1.48. The quantitative estimate of drug-likeness (QED) is 0.549. The number of anilines is 1. The van der Waals surface area contributed by atoms with Crippen LogP contribution in [0.4, 0.5) is 14.5 Å². The van der Waals surface area contributed by atoms with Gasteiger partial charge in [0.05, 0.1) is 11.4 Å². The van der Waals surface area contributed by atoms with Crippen molar-refractivity contribution in [3.05, 3.63) is 59.7 Å². The molecule has 1 atom stereocenters. The van der Waals surface area contributed by atoms with Crippen LogP contribution in [-0.4, -0.2) is 57.7 Å². The number of rotatable bonds is 8. The summed E-state index contributed by atoms with van der Waals surface area (Å²) < 4.78 is 32.0. The fraction of sp³-hybridized carbons (Fsp3) is 0.227. The normalized spacial score (nSPS) is 17.2. The fourth-order valence-electron chi connectivity index (χ4n) is 2.95. The van der Waals surface area contributed by atoms with E-state index in [2.05, 4.69) is 15.4 Å². The molecular weight excluding hydrogens is 470 g/mol. The number of amides is 2. The molecule has 1 fully saturated rings. The Morgan fingerprint density at radius 1 is 1.24 bits per heavy atom. The van der Waals surface area contributed by atoms with Crippen molar-refractivity contribution in [3.8, 4) is 5.75 Å². The molecule has 0 radical (unpaired) electrons. The number of benzene rings is 2. The standard InChI is InChI=1S/C22H20F2N4O5S/c1-12(13-4-3-5-15(8-13)33-11-20(30)31)27-28-21(32)18(34-22(28)25-2)10-19(29)26-17-7-6-14(23)9-16(17)24/h3-9,18H,10-11H2,1-2H3,(H,26,29)(H,30,31). The van der Waals surface area contributed by atoms with Crippen LogP contribution in [-0.2, 0) is 14.4 Å². The van der Waals surface area contributed by atoms with Crippen LogP contribution in [0.25, 0.3) is 0 Å². The summed E-state index contributed by atoms with van der Waals surface area (Å²) in [6.07, 6.45) is -0.275. The number of thioether (sulfide) groups is 1. The van der Waals surface area contributed by atoms with Crippen LogP contribution < -0.4 is 10.1 Å². The minimum Gasteiger partial charge on any atom is -0.482 e. The molecule has 0 aromatic heterocycles. The van der Waals surface area contributed by atoms with Gasteiger partial charge in [-0.3, -0.25) is 14.6 Å². The van der Waals surface area contributed by atoms with E-state index in [1.54, 1.807) is 31.2 Å². The molecule has 0 aliphatic carbocycles. The first-order valence-electron chi connectivity index (χ1n) is 9.90. The van der Waals surface area contributed by atoms with E-state index in [-0.39, 0.29) is 17.3 Å². The highest BCUT2D eigenvalue weighted by molar-refractivity contribution is 8.15. The zero-order valence-electron chi connectivity index (χ0n) is 18.1. The van der Waals surface area contributed by atoms with E-state index in [1.165, 1.54) is 7.05 Å². The van der Waals surface area contributed by atoms with Crippen LogP contribution in [0.2, 0.25) is 0 Å². The summed E-state index contributed by atoms with van der Waals surface area (Å²) in [6.45, 7) is 1.15. The molecule has 0 bridgehead atoms. The molecule has 12 heteroatoms. The number of halogens is 2. The average molecular weight is 490 g/mol. The van der Waals surface area contributed by atoms with Crippen molar-refractivity contribution in [1.82, 2.24) is 5.01 Å². The lowest BCUT2D eigenvalue weighted by atomic mass is 10.1. The van der Waals surface area contributed by atoms with Gasteiger partial charge in [-0.05, 0) is 31.2 Å². The van der Waals surface area contributed by atoms with Crippen LogP contribution in [0.15, 0.2) is 52.6 Å². The molecule has 2 aromatic carbocycles. The second kappa shape index (κ2) is 10.9. The minimum absolute atomic E-state index is 0.193. The zero-order valence-corrected chi connectivity index (χ0v) is 18.9. The number of nitrogens with one attached hydrogen (secondary N) is 1. The number of aliphatic carboxylic acids is 1. The largest absolute Gasteiger partial charge is 0.482 e. The summed E-state index contributed by atoms with van der Waals surface area (Å²) in [5, 5.41) is 15.9. The van der Waals surface area contributed by atoms with E-state index in [0.29, 0.717) is 23.1 Å². The van der Waals surface area contributed by atoms with Gasteiger partial charge in [-0.2, -0.15) is 10.1 Å². The lowest BCUT2D eigenvalue weighted by Gasteiger charge is -2.12. The number of carbonyl (C=O) groups excluding carboxylic acids is 2. The van der Waals surface area contributed by atoms with E-state index >= 15 is 0 Å². The van der Waals surface area contributed by atoms with Crippen molar-refractivity contribution in [2.24, 2.45) is 10.1 Å². The maximum Gasteiger partial charge on any atom is 0.341 e. The van der Waals surface area contributed by atoms with Gasteiger partial charge in [-0.1, -0.05) is 23.9 Å². The van der Waals surface area contributed by atoms with Gasteiger partial charge in [0, 0.05) is 25.1 Å². The van der Waals surface area contributed by atoms with Gasteiger partial charge in [0.15, 0.2) is 11.8 Å². The number of hydrazone groups is 1. The SMILES string of the molecule is CN=C1SC(CC(=O)Nc2ccc(F)cc2F)C(=O)N1N=C(C)c1cccc(OCC(=O)O)c1. The van der Waals surface area contributed by atoms with Gasteiger partial charge in [0.2, 0.25) is 5.91 Å². The van der Waals surface area contributed by atoms with Crippen molar-refractivity contribution in [3.63, 3.8) is 0 Å². The van der Waals surface area contributed by atoms with Crippen molar-refractivity contribution in [2.75, 3.05) is 19.0 Å². The van der Waals surface area contributed by atoms with Crippen molar-refractivity contribution >= 4 is 46.1 Å². The van der Waals surface area contributed by atoms with E-state index in [4.69, 9.17) is 9.84 Å². The number of amidine groups is 1. The van der Waals surface area contributed by atoms with E-state index in [1.807, 2.05) is 0 Å². The smallest absolute Gasteiger partial charge is 0.341 e. The summed E-state index contributed by atoms with van der Waals surface area (Å²) in [6, 6.07) is 9.30. The van der Waals surface area contributed by atoms with Crippen molar-refractivity contribution < 1.29 is 33.0 Å². The predicted octanol–water partition coefficient (Wildman–Crippen LogP) is 3.11. The molecule has 3 rings (SSSR count). The number of hydrogen-bond donors (Lipinski definition) is 2. The number of ether oxygens (including phenoxy) is 1. The van der Waals surface area contributed by atoms with Gasteiger partial charge in [0.1, 0.15) is 22.6 Å². The zero-order chi connectivity index (χ0) is 24.8. The molecule has 9 nitrogen and oxygen atoms in total. The van der Waals surface area contributed by atoms with Crippen LogP contribution in [0, 0.1) is 11.6 Å². The highest BCUT2D eigenvalue weighted by Gasteiger charge is 2.39. The van der Waals surface area contributed by atoms with Gasteiger partial charge < -0.3 is 15.2 Å². The number of carboxylic acid groups (broad SMARTS) is 1. The number of nitrogens with zero attached hydrogens (tertiary/aromatic N) is 3. The molecule has 1 aliphatic heterocycles. The number of hydrogen-bond acceptors (Lipinski definition) is 7. The monoisotopic (exact) mass is 490 g/mol. The van der Waals surface area contributed by atoms with Crippen LogP contribution in [0.5, 0.6) is 5.75 Å². The number of aliphatic imine (C=N–C) groups is 1. The third kappa shape index (κ3) is 6.16. The lowest BCUT2D eigenvalue weighted by molar-refractivity contribution is -0.139. The molecule has 2 aromatic rings. The van der Waals surface area contributed by atoms with E-state index in [9.17, 15) is 23.2 Å². The van der Waals surface area contributed by atoms with Crippen molar-refractivity contribution in [2.45, 2.75) is 18.6 Å². The van der Waals surface area contributed by atoms with Crippen molar-refractivity contribution in [1.29, 1.82) is 0 Å². The molecule has 34 heavy (non-hydrogen) atoms. The molecule has 1 unspecified atom stereocenters. The Hall–Kier alpha value is -3.80. The van der Waals surface area contributed by atoms with Crippen LogP contribution >= 0.6 is 11.8 Å². The summed E-state index contributed by atoms with van der Waals surface area (Å²) in [5.41, 5.74) is 0.820. The molecular formula is C22H20F2N4O5S. The average Bonchev–Trinajstić information content (AvgIpc) is 3.08. The summed E-state index contributed by atoms with van der Waals surface area (Å²) in [5.74, 6) is -3.61. The molecule has 2 N–H and O–H groups in total. The highest BCUT2D eigenvalue weighted by Crippen LogP contribution is 2.30. The Morgan fingerprint density at radius 3 is 2.68 bits per heavy atom. The fourth-order valence-corrected chi connectivity index (χ4v) is 3.98. The molecule has 1 aliphatic rings. The topological polar surface area (TPSA) is 121 Å². The Labute approximate surface area is 197 Å².